The Morgan fingerprint density at radius 1 is 1.00 bits per heavy atom. The van der Waals surface area contributed by atoms with E-state index in [-0.39, 0.29) is 5.25 Å². The van der Waals surface area contributed by atoms with Gasteiger partial charge in [-0.1, -0.05) is 70.2 Å². The normalized spacial score (nSPS) is 18.4. The molecule has 2 aromatic carbocycles. The van der Waals surface area contributed by atoms with Crippen LogP contribution in [0, 0.1) is 0 Å². The maximum absolute atomic E-state index is 5.98. The maximum atomic E-state index is 5.98. The van der Waals surface area contributed by atoms with Crippen molar-refractivity contribution in [1.29, 1.82) is 0 Å². The van der Waals surface area contributed by atoms with Crippen LogP contribution in [0.1, 0.15) is 16.4 Å². The number of thioether (sulfide) groups is 1. The summed E-state index contributed by atoms with van der Waals surface area (Å²) in [7, 11) is 0. The molecule has 20 heavy (non-hydrogen) atoms. The van der Waals surface area contributed by atoms with Crippen molar-refractivity contribution in [3.8, 4) is 0 Å². The zero-order chi connectivity index (χ0) is 13.9. The van der Waals surface area contributed by atoms with Crippen LogP contribution in [0.15, 0.2) is 70.1 Å². The van der Waals surface area contributed by atoms with Crippen LogP contribution < -0.4 is 5.73 Å². The lowest BCUT2D eigenvalue weighted by Gasteiger charge is -2.19. The van der Waals surface area contributed by atoms with Gasteiger partial charge in [0.1, 0.15) is 0 Å². The van der Waals surface area contributed by atoms with Gasteiger partial charge < -0.3 is 5.73 Å². The molecule has 0 saturated carbocycles. The van der Waals surface area contributed by atoms with E-state index in [1.807, 2.05) is 30.3 Å². The summed E-state index contributed by atoms with van der Waals surface area (Å²) in [6.07, 6.45) is 2.17. The number of hydrogen-bond acceptors (Lipinski definition) is 3. The molecule has 0 saturated heterocycles. The van der Waals surface area contributed by atoms with Crippen LogP contribution in [0.5, 0.6) is 0 Å². The summed E-state index contributed by atoms with van der Waals surface area (Å²) < 4.78 is 1.08. The molecular formula is C16H13BrN2S. The van der Waals surface area contributed by atoms with E-state index in [1.54, 1.807) is 11.8 Å². The van der Waals surface area contributed by atoms with Crippen LogP contribution in [0.25, 0.3) is 5.70 Å². The molecule has 4 heteroatoms. The third-order valence-corrected chi connectivity index (χ3v) is 4.58. The molecule has 0 fully saturated rings. The van der Waals surface area contributed by atoms with Crippen LogP contribution in [0.2, 0.25) is 0 Å². The lowest BCUT2D eigenvalue weighted by Crippen LogP contribution is -2.12. The minimum Gasteiger partial charge on any atom is -0.378 e. The molecule has 2 N–H and O–H groups in total. The van der Waals surface area contributed by atoms with Gasteiger partial charge in [-0.25, -0.2) is 4.99 Å². The minimum absolute atomic E-state index is 0.204. The molecule has 100 valence electrons. The maximum Gasteiger partial charge on any atom is 0.160 e. The van der Waals surface area contributed by atoms with Crippen molar-refractivity contribution < 1.29 is 0 Å². The molecule has 1 heterocycles. The Labute approximate surface area is 130 Å². The zero-order valence-corrected chi connectivity index (χ0v) is 13.1. The summed E-state index contributed by atoms with van der Waals surface area (Å²) >= 11 is 5.04. The fourth-order valence-electron chi connectivity index (χ4n) is 2.08. The first kappa shape index (κ1) is 13.5. The fraction of sp³-hybridized carbons (Fsp3) is 0.0625. The van der Waals surface area contributed by atoms with Gasteiger partial charge in [0.2, 0.25) is 0 Å². The second kappa shape index (κ2) is 5.85. The lowest BCUT2D eigenvalue weighted by atomic mass is 10.1. The number of amidine groups is 1. The van der Waals surface area contributed by atoms with Gasteiger partial charge in [-0.3, -0.25) is 0 Å². The van der Waals surface area contributed by atoms with E-state index in [2.05, 4.69) is 51.3 Å². The monoisotopic (exact) mass is 344 g/mol. The molecule has 0 aliphatic carbocycles. The fourth-order valence-corrected chi connectivity index (χ4v) is 3.24. The van der Waals surface area contributed by atoms with Crippen LogP contribution in [-0.2, 0) is 0 Å². The zero-order valence-electron chi connectivity index (χ0n) is 10.7. The minimum atomic E-state index is 0.204. The number of nitrogens with zero attached hydrogens (tertiary/aromatic N) is 1. The molecule has 0 bridgehead atoms. The highest BCUT2D eigenvalue weighted by Crippen LogP contribution is 2.37. The quantitative estimate of drug-likeness (QED) is 0.864. The third kappa shape index (κ3) is 2.97. The highest BCUT2D eigenvalue weighted by Gasteiger charge is 2.18. The van der Waals surface area contributed by atoms with Gasteiger partial charge in [0.25, 0.3) is 0 Å². The van der Waals surface area contributed by atoms with Gasteiger partial charge in [-0.05, 0) is 29.3 Å². The summed E-state index contributed by atoms with van der Waals surface area (Å²) in [4.78, 5) is 4.46. The van der Waals surface area contributed by atoms with Gasteiger partial charge in [0, 0.05) is 4.47 Å². The SMILES string of the molecule is NC1=NC(c2ccccc2)=CC(c2ccc(Br)cc2)S1. The van der Waals surface area contributed by atoms with Crippen molar-refractivity contribution in [3.63, 3.8) is 0 Å². The van der Waals surface area contributed by atoms with E-state index in [0.717, 1.165) is 15.7 Å². The van der Waals surface area contributed by atoms with Gasteiger partial charge in [0.15, 0.2) is 5.17 Å². The van der Waals surface area contributed by atoms with Crippen molar-refractivity contribution in [1.82, 2.24) is 0 Å². The number of halogens is 1. The van der Waals surface area contributed by atoms with Gasteiger partial charge in [0.05, 0.1) is 10.9 Å². The summed E-state index contributed by atoms with van der Waals surface area (Å²) in [6.45, 7) is 0. The largest absolute Gasteiger partial charge is 0.378 e. The average molecular weight is 345 g/mol. The Hall–Kier alpha value is -1.52. The van der Waals surface area contributed by atoms with Crippen LogP contribution in [0.3, 0.4) is 0 Å². The predicted molar refractivity (Wildman–Crippen MR) is 90.5 cm³/mol. The van der Waals surface area contributed by atoms with E-state index in [4.69, 9.17) is 5.73 Å². The first-order valence-corrected chi connectivity index (χ1v) is 7.93. The Balaban J connectivity index is 1.96. The van der Waals surface area contributed by atoms with E-state index >= 15 is 0 Å². The first-order chi connectivity index (χ1) is 9.72. The predicted octanol–water partition coefficient (Wildman–Crippen LogP) is 4.59. The van der Waals surface area contributed by atoms with Crippen LogP contribution >= 0.6 is 27.7 Å². The molecule has 1 aliphatic heterocycles. The molecule has 0 radical (unpaired) electrons. The number of aliphatic imine (C=N–C) groups is 1. The Morgan fingerprint density at radius 2 is 1.70 bits per heavy atom. The third-order valence-electron chi connectivity index (χ3n) is 3.06. The standard InChI is InChI=1S/C16H13BrN2S/c17-13-8-6-12(7-9-13)15-10-14(19-16(18)20-15)11-4-2-1-3-5-11/h1-10,15H,(H2,18,19). The number of benzene rings is 2. The van der Waals surface area contributed by atoms with E-state index < -0.39 is 0 Å². The molecule has 1 aliphatic rings. The molecular weight excluding hydrogens is 332 g/mol. The van der Waals surface area contributed by atoms with E-state index in [9.17, 15) is 0 Å². The van der Waals surface area contributed by atoms with Gasteiger partial charge in [-0.15, -0.1) is 0 Å². The molecule has 1 unspecified atom stereocenters. The summed E-state index contributed by atoms with van der Waals surface area (Å²) in [5.74, 6) is 0. The highest BCUT2D eigenvalue weighted by atomic mass is 79.9. The van der Waals surface area contributed by atoms with Crippen molar-refractivity contribution >= 4 is 38.6 Å². The van der Waals surface area contributed by atoms with Gasteiger partial charge >= 0.3 is 0 Å². The molecule has 0 aromatic heterocycles. The van der Waals surface area contributed by atoms with Crippen molar-refractivity contribution in [2.75, 3.05) is 0 Å². The first-order valence-electron chi connectivity index (χ1n) is 6.26. The number of nitrogens with two attached hydrogens (primary N) is 1. The smallest absolute Gasteiger partial charge is 0.160 e. The molecule has 3 rings (SSSR count). The lowest BCUT2D eigenvalue weighted by molar-refractivity contribution is 1.21. The van der Waals surface area contributed by atoms with Crippen LogP contribution in [-0.4, -0.2) is 5.17 Å². The van der Waals surface area contributed by atoms with Crippen molar-refractivity contribution in [3.05, 3.63) is 76.3 Å². The van der Waals surface area contributed by atoms with Crippen molar-refractivity contribution in [2.24, 2.45) is 10.7 Å². The Morgan fingerprint density at radius 3 is 2.40 bits per heavy atom. The van der Waals surface area contributed by atoms with Crippen molar-refractivity contribution in [2.45, 2.75) is 5.25 Å². The highest BCUT2D eigenvalue weighted by molar-refractivity contribution is 9.10. The van der Waals surface area contributed by atoms with Crippen LogP contribution in [0.4, 0.5) is 0 Å². The Bertz CT molecular complexity index is 663. The molecule has 0 amide bonds. The Kier molecular flexibility index (Phi) is 3.94. The molecule has 1 atom stereocenters. The number of hydrogen-bond donors (Lipinski definition) is 1. The summed E-state index contributed by atoms with van der Waals surface area (Å²) in [6, 6.07) is 18.5. The second-order valence-corrected chi connectivity index (χ2v) is 6.54. The molecule has 0 spiro atoms. The van der Waals surface area contributed by atoms with Gasteiger partial charge in [-0.2, -0.15) is 0 Å². The van der Waals surface area contributed by atoms with E-state index in [0.29, 0.717) is 5.17 Å². The topological polar surface area (TPSA) is 38.4 Å². The summed E-state index contributed by atoms with van der Waals surface area (Å²) in [5.41, 5.74) is 9.24. The molecule has 2 nitrogen and oxygen atoms in total. The average Bonchev–Trinajstić information content (AvgIpc) is 2.48. The van der Waals surface area contributed by atoms with E-state index in [1.165, 1.54) is 5.56 Å². The molecule has 2 aromatic rings. The second-order valence-electron chi connectivity index (χ2n) is 4.46. The number of rotatable bonds is 2. The summed E-state index contributed by atoms with van der Waals surface area (Å²) in [5, 5.41) is 0.815.